The molecule has 5 heteroatoms. The number of ether oxygens (including phenoxy) is 2. The van der Waals surface area contributed by atoms with Crippen LogP contribution in [0.3, 0.4) is 0 Å². The molecule has 0 saturated carbocycles. The summed E-state index contributed by atoms with van der Waals surface area (Å²) in [5, 5.41) is 0.625. The molecule has 0 aliphatic carbocycles. The van der Waals surface area contributed by atoms with Crippen LogP contribution in [0, 0.1) is 0 Å². The summed E-state index contributed by atoms with van der Waals surface area (Å²) in [6.07, 6.45) is 4.57. The second-order valence-corrected chi connectivity index (χ2v) is 7.36. The summed E-state index contributed by atoms with van der Waals surface area (Å²) >= 11 is 0. The van der Waals surface area contributed by atoms with E-state index in [-0.39, 0.29) is 5.56 Å². The zero-order valence-electron chi connectivity index (χ0n) is 18.3. The van der Waals surface area contributed by atoms with E-state index in [0.717, 1.165) is 12.0 Å². The van der Waals surface area contributed by atoms with Crippen LogP contribution in [0.5, 0.6) is 11.5 Å². The highest BCUT2D eigenvalue weighted by Crippen LogP contribution is 2.28. The number of benzene rings is 3. The fourth-order valence-electron chi connectivity index (χ4n) is 3.65. The molecular formula is C27H26N2O3. The van der Waals surface area contributed by atoms with Crippen molar-refractivity contribution in [2.24, 2.45) is 0 Å². The maximum Gasteiger partial charge on any atom is 0.261 e. The first-order valence-electron chi connectivity index (χ1n) is 10.7. The summed E-state index contributed by atoms with van der Waals surface area (Å²) in [5.41, 5.74) is 2.77. The van der Waals surface area contributed by atoms with Crippen molar-refractivity contribution in [2.75, 3.05) is 13.7 Å². The Hall–Kier alpha value is -3.86. The van der Waals surface area contributed by atoms with Crippen LogP contribution in [0.15, 0.2) is 77.6 Å². The SMILES string of the molecule is CCOc1ccc(C=Cc2nc3ccccc3c(=O)n2CCc2ccccc2)cc1OC. The van der Waals surface area contributed by atoms with Crippen molar-refractivity contribution in [1.29, 1.82) is 0 Å². The van der Waals surface area contributed by atoms with Crippen molar-refractivity contribution in [3.8, 4) is 11.5 Å². The van der Waals surface area contributed by atoms with Crippen molar-refractivity contribution in [3.63, 3.8) is 0 Å². The third kappa shape index (κ3) is 4.72. The number of methoxy groups -OCH3 is 1. The van der Waals surface area contributed by atoms with E-state index in [1.54, 1.807) is 11.7 Å². The van der Waals surface area contributed by atoms with Gasteiger partial charge in [-0.3, -0.25) is 9.36 Å². The number of aromatic nitrogens is 2. The molecule has 0 N–H and O–H groups in total. The lowest BCUT2D eigenvalue weighted by atomic mass is 10.1. The molecule has 1 heterocycles. The van der Waals surface area contributed by atoms with E-state index < -0.39 is 0 Å². The van der Waals surface area contributed by atoms with Gasteiger partial charge in [-0.15, -0.1) is 0 Å². The minimum absolute atomic E-state index is 0.0320. The Kier molecular flexibility index (Phi) is 6.66. The number of hydrogen-bond donors (Lipinski definition) is 0. The molecule has 162 valence electrons. The van der Waals surface area contributed by atoms with Gasteiger partial charge < -0.3 is 9.47 Å². The minimum atomic E-state index is -0.0320. The normalized spacial score (nSPS) is 11.2. The van der Waals surface area contributed by atoms with Crippen molar-refractivity contribution in [2.45, 2.75) is 19.9 Å². The number of aryl methyl sites for hydroxylation is 1. The smallest absolute Gasteiger partial charge is 0.261 e. The molecule has 0 spiro atoms. The van der Waals surface area contributed by atoms with E-state index in [4.69, 9.17) is 14.5 Å². The third-order valence-electron chi connectivity index (χ3n) is 5.27. The summed E-state index contributed by atoms with van der Waals surface area (Å²) in [5.74, 6) is 2.00. The van der Waals surface area contributed by atoms with Crippen LogP contribution in [0.25, 0.3) is 23.1 Å². The summed E-state index contributed by atoms with van der Waals surface area (Å²) in [6, 6.07) is 23.4. The molecule has 0 unspecified atom stereocenters. The van der Waals surface area contributed by atoms with Gasteiger partial charge in [0.25, 0.3) is 5.56 Å². The second-order valence-electron chi connectivity index (χ2n) is 7.36. The third-order valence-corrected chi connectivity index (χ3v) is 5.27. The molecule has 4 rings (SSSR count). The maximum absolute atomic E-state index is 13.3. The first kappa shape index (κ1) is 21.4. The van der Waals surface area contributed by atoms with E-state index in [1.165, 1.54) is 5.56 Å². The van der Waals surface area contributed by atoms with Crippen LogP contribution in [0.1, 0.15) is 23.9 Å². The van der Waals surface area contributed by atoms with Gasteiger partial charge >= 0.3 is 0 Å². The zero-order chi connectivity index (χ0) is 22.3. The Morgan fingerprint density at radius 2 is 1.72 bits per heavy atom. The van der Waals surface area contributed by atoms with E-state index in [1.807, 2.05) is 79.7 Å². The highest BCUT2D eigenvalue weighted by molar-refractivity contribution is 5.79. The lowest BCUT2D eigenvalue weighted by Crippen LogP contribution is -2.24. The number of nitrogens with zero attached hydrogens (tertiary/aromatic N) is 2. The summed E-state index contributed by atoms with van der Waals surface area (Å²) in [7, 11) is 1.62. The highest BCUT2D eigenvalue weighted by atomic mass is 16.5. The minimum Gasteiger partial charge on any atom is -0.493 e. The monoisotopic (exact) mass is 426 g/mol. The van der Waals surface area contributed by atoms with E-state index in [2.05, 4.69) is 12.1 Å². The summed E-state index contributed by atoms with van der Waals surface area (Å²) in [4.78, 5) is 18.0. The van der Waals surface area contributed by atoms with Gasteiger partial charge in [0, 0.05) is 6.54 Å². The first-order chi connectivity index (χ1) is 15.7. The van der Waals surface area contributed by atoms with E-state index >= 15 is 0 Å². The van der Waals surface area contributed by atoms with Crippen LogP contribution in [0.2, 0.25) is 0 Å². The van der Waals surface area contributed by atoms with Crippen LogP contribution in [-0.2, 0) is 13.0 Å². The molecule has 0 saturated heterocycles. The standard InChI is InChI=1S/C27H26N2O3/c1-3-32-24-15-13-21(19-25(24)31-2)14-16-26-28-23-12-8-7-11-22(23)27(30)29(26)18-17-20-9-5-4-6-10-20/h4-16,19H,3,17-18H2,1-2H3. The Bertz CT molecular complexity index is 1290. The Labute approximate surface area is 187 Å². The van der Waals surface area contributed by atoms with Gasteiger partial charge in [-0.25, -0.2) is 4.98 Å². The molecule has 0 atom stereocenters. The molecule has 4 aromatic rings. The second kappa shape index (κ2) is 9.96. The average molecular weight is 427 g/mol. The van der Waals surface area contributed by atoms with Crippen molar-refractivity contribution >= 4 is 23.1 Å². The highest BCUT2D eigenvalue weighted by Gasteiger charge is 2.10. The van der Waals surface area contributed by atoms with Gasteiger partial charge in [0.05, 0.1) is 24.6 Å². The molecule has 0 aliphatic heterocycles. The number of fused-ring (bicyclic) bond motifs is 1. The molecule has 32 heavy (non-hydrogen) atoms. The predicted molar refractivity (Wildman–Crippen MR) is 129 cm³/mol. The molecule has 1 aromatic heterocycles. The van der Waals surface area contributed by atoms with E-state index in [0.29, 0.717) is 41.4 Å². The fourth-order valence-corrected chi connectivity index (χ4v) is 3.65. The van der Waals surface area contributed by atoms with Gasteiger partial charge in [0.15, 0.2) is 11.5 Å². The molecule has 0 amide bonds. The molecular weight excluding hydrogens is 400 g/mol. The molecule has 5 nitrogen and oxygen atoms in total. The fraction of sp³-hybridized carbons (Fsp3) is 0.185. The summed E-state index contributed by atoms with van der Waals surface area (Å²) in [6.45, 7) is 3.06. The Balaban J connectivity index is 1.71. The largest absolute Gasteiger partial charge is 0.493 e. The van der Waals surface area contributed by atoms with Gasteiger partial charge in [-0.1, -0.05) is 54.6 Å². The lowest BCUT2D eigenvalue weighted by molar-refractivity contribution is 0.311. The topological polar surface area (TPSA) is 53.3 Å². The average Bonchev–Trinajstić information content (AvgIpc) is 2.84. The lowest BCUT2D eigenvalue weighted by Gasteiger charge is -2.12. The van der Waals surface area contributed by atoms with Crippen molar-refractivity contribution in [1.82, 2.24) is 9.55 Å². The summed E-state index contributed by atoms with van der Waals surface area (Å²) < 4.78 is 12.8. The molecule has 0 radical (unpaired) electrons. The van der Waals surface area contributed by atoms with Crippen LogP contribution < -0.4 is 15.0 Å². The maximum atomic E-state index is 13.3. The van der Waals surface area contributed by atoms with Crippen molar-refractivity contribution in [3.05, 3.63) is 100 Å². The molecule has 3 aromatic carbocycles. The van der Waals surface area contributed by atoms with E-state index in [9.17, 15) is 4.79 Å². The number of hydrogen-bond acceptors (Lipinski definition) is 4. The zero-order valence-corrected chi connectivity index (χ0v) is 18.3. The van der Waals surface area contributed by atoms with Crippen LogP contribution in [0.4, 0.5) is 0 Å². The number of rotatable bonds is 8. The molecule has 0 fully saturated rings. The predicted octanol–water partition coefficient (Wildman–Crippen LogP) is 5.22. The molecule has 0 bridgehead atoms. The van der Waals surface area contributed by atoms with Crippen LogP contribution >= 0.6 is 0 Å². The Morgan fingerprint density at radius 1 is 0.938 bits per heavy atom. The van der Waals surface area contributed by atoms with Gasteiger partial charge in [-0.05, 0) is 54.8 Å². The number of para-hydroxylation sites is 1. The van der Waals surface area contributed by atoms with Gasteiger partial charge in [-0.2, -0.15) is 0 Å². The van der Waals surface area contributed by atoms with Crippen LogP contribution in [-0.4, -0.2) is 23.3 Å². The van der Waals surface area contributed by atoms with Gasteiger partial charge in [0.1, 0.15) is 5.82 Å². The Morgan fingerprint density at radius 3 is 2.50 bits per heavy atom. The van der Waals surface area contributed by atoms with Crippen molar-refractivity contribution < 1.29 is 9.47 Å². The quantitative estimate of drug-likeness (QED) is 0.388. The first-order valence-corrected chi connectivity index (χ1v) is 10.7. The van der Waals surface area contributed by atoms with Gasteiger partial charge in [0.2, 0.25) is 0 Å². The molecule has 0 aliphatic rings.